The lowest BCUT2D eigenvalue weighted by atomic mass is 10.1. The van der Waals surface area contributed by atoms with Crippen LogP contribution in [0.15, 0.2) is 42.0 Å². The number of benzene rings is 1. The van der Waals surface area contributed by atoms with Crippen LogP contribution in [-0.4, -0.2) is 20.5 Å². The number of rotatable bonds is 4. The molecule has 0 radical (unpaired) electrons. The lowest BCUT2D eigenvalue weighted by molar-refractivity contribution is 0.102. The summed E-state index contributed by atoms with van der Waals surface area (Å²) >= 11 is 1.54. The maximum Gasteiger partial charge on any atom is 0.259 e. The highest BCUT2D eigenvalue weighted by Crippen LogP contribution is 2.43. The zero-order valence-corrected chi connectivity index (χ0v) is 16.3. The Kier molecular flexibility index (Phi) is 4.16. The van der Waals surface area contributed by atoms with E-state index in [4.69, 9.17) is 0 Å². The summed E-state index contributed by atoms with van der Waals surface area (Å²) in [5.41, 5.74) is 2.82. The van der Waals surface area contributed by atoms with E-state index in [-0.39, 0.29) is 5.82 Å². The van der Waals surface area contributed by atoms with E-state index in [0.717, 1.165) is 17.8 Å². The molecule has 0 spiro atoms. The molecule has 8 heteroatoms. The first-order valence-electron chi connectivity index (χ1n) is 9.20. The quantitative estimate of drug-likeness (QED) is 0.505. The molecular formula is C21H16F2N4OS. The summed E-state index contributed by atoms with van der Waals surface area (Å²) in [6, 6.07) is 5.77. The number of thiazole rings is 1. The fourth-order valence-electron chi connectivity index (χ4n) is 3.26. The van der Waals surface area contributed by atoms with Crippen molar-refractivity contribution < 1.29 is 13.6 Å². The minimum atomic E-state index is -0.444. The molecule has 1 N–H and O–H groups in total. The number of hydrogen-bond acceptors (Lipinski definition) is 4. The first-order valence-corrected chi connectivity index (χ1v) is 10.1. The number of fused-ring (bicyclic) bond motifs is 1. The Labute approximate surface area is 169 Å². The molecule has 1 aliphatic carbocycles. The summed E-state index contributed by atoms with van der Waals surface area (Å²) in [5, 5.41) is 9.72. The van der Waals surface area contributed by atoms with Crippen molar-refractivity contribution in [1.82, 2.24) is 14.6 Å². The van der Waals surface area contributed by atoms with E-state index in [1.165, 1.54) is 35.1 Å². The van der Waals surface area contributed by atoms with Crippen molar-refractivity contribution >= 4 is 28.4 Å². The zero-order valence-electron chi connectivity index (χ0n) is 15.4. The number of nitrogens with zero attached hydrogens (tertiary/aromatic N) is 3. The van der Waals surface area contributed by atoms with Crippen molar-refractivity contribution in [3.05, 3.63) is 69.8 Å². The highest BCUT2D eigenvalue weighted by Gasteiger charge is 2.27. The molecule has 5 nitrogen and oxygen atoms in total. The van der Waals surface area contributed by atoms with Crippen molar-refractivity contribution in [2.24, 2.45) is 0 Å². The fraction of sp³-hybridized carbons (Fsp3) is 0.190. The third kappa shape index (κ3) is 3.29. The molecule has 4 aromatic rings. The zero-order chi connectivity index (χ0) is 20.1. The number of carbonyl (C=O) groups excluding carboxylic acids is 1. The third-order valence-electron chi connectivity index (χ3n) is 5.01. The van der Waals surface area contributed by atoms with Crippen LogP contribution in [0.2, 0.25) is 0 Å². The lowest BCUT2D eigenvalue weighted by Crippen LogP contribution is -2.13. The Morgan fingerprint density at radius 2 is 2.10 bits per heavy atom. The van der Waals surface area contributed by atoms with E-state index in [1.54, 1.807) is 24.3 Å². The number of hydrogen-bond donors (Lipinski definition) is 1. The smallest absolute Gasteiger partial charge is 0.259 e. The Bertz CT molecular complexity index is 1260. The molecule has 1 amide bonds. The van der Waals surface area contributed by atoms with Crippen LogP contribution in [-0.2, 0) is 0 Å². The van der Waals surface area contributed by atoms with Crippen molar-refractivity contribution in [3.8, 4) is 11.3 Å². The van der Waals surface area contributed by atoms with Gasteiger partial charge in [0.25, 0.3) is 5.91 Å². The van der Waals surface area contributed by atoms with Gasteiger partial charge in [0.05, 0.1) is 34.2 Å². The predicted molar refractivity (Wildman–Crippen MR) is 107 cm³/mol. The predicted octanol–water partition coefficient (Wildman–Crippen LogP) is 5.17. The summed E-state index contributed by atoms with van der Waals surface area (Å²) < 4.78 is 29.3. The van der Waals surface area contributed by atoms with Crippen LogP contribution in [0.4, 0.5) is 14.5 Å². The van der Waals surface area contributed by atoms with Gasteiger partial charge in [0, 0.05) is 22.5 Å². The molecule has 146 valence electrons. The van der Waals surface area contributed by atoms with E-state index in [2.05, 4.69) is 15.4 Å². The molecule has 29 heavy (non-hydrogen) atoms. The van der Waals surface area contributed by atoms with Gasteiger partial charge in [0.2, 0.25) is 0 Å². The maximum atomic E-state index is 14.6. The standard InChI is InChI=1S/C21H16F2N4OS/c1-11-6-16(23)14(18-10-29-21(26-18)12-2-3-12)7-17(11)25-20(28)15-8-24-27-9-13(22)4-5-19(15)27/h4-10,12H,2-3H2,1H3,(H,25,28). The largest absolute Gasteiger partial charge is 0.322 e. The number of carbonyl (C=O) groups is 1. The summed E-state index contributed by atoms with van der Waals surface area (Å²) in [7, 11) is 0. The van der Waals surface area contributed by atoms with Crippen molar-refractivity contribution in [2.75, 3.05) is 5.32 Å². The van der Waals surface area contributed by atoms with E-state index < -0.39 is 11.7 Å². The van der Waals surface area contributed by atoms with E-state index in [1.807, 2.05) is 5.38 Å². The molecule has 1 fully saturated rings. The molecule has 3 heterocycles. The van der Waals surface area contributed by atoms with Gasteiger partial charge in [-0.25, -0.2) is 18.3 Å². The molecule has 0 bridgehead atoms. The molecule has 0 aliphatic heterocycles. The van der Waals surface area contributed by atoms with Crippen LogP contribution < -0.4 is 5.32 Å². The second-order valence-electron chi connectivity index (χ2n) is 7.18. The monoisotopic (exact) mass is 410 g/mol. The first kappa shape index (κ1) is 17.9. The third-order valence-corrected chi connectivity index (χ3v) is 6.02. The van der Waals surface area contributed by atoms with Crippen LogP contribution in [0.3, 0.4) is 0 Å². The van der Waals surface area contributed by atoms with Crippen LogP contribution in [0.25, 0.3) is 16.8 Å². The van der Waals surface area contributed by atoms with Gasteiger partial charge in [0.15, 0.2) is 0 Å². The molecule has 1 aliphatic rings. The topological polar surface area (TPSA) is 59.3 Å². The van der Waals surface area contributed by atoms with Gasteiger partial charge in [-0.3, -0.25) is 4.79 Å². The summed E-state index contributed by atoms with van der Waals surface area (Å²) in [4.78, 5) is 17.4. The van der Waals surface area contributed by atoms with Gasteiger partial charge in [-0.1, -0.05) is 0 Å². The average molecular weight is 410 g/mol. The van der Waals surface area contributed by atoms with E-state index in [9.17, 15) is 13.6 Å². The number of aromatic nitrogens is 3. The van der Waals surface area contributed by atoms with Gasteiger partial charge in [-0.2, -0.15) is 5.10 Å². The lowest BCUT2D eigenvalue weighted by Gasteiger charge is -2.11. The number of pyridine rings is 1. The summed E-state index contributed by atoms with van der Waals surface area (Å²) in [6.45, 7) is 1.73. The molecule has 0 unspecified atom stereocenters. The highest BCUT2D eigenvalue weighted by molar-refractivity contribution is 7.10. The van der Waals surface area contributed by atoms with Crippen molar-refractivity contribution in [3.63, 3.8) is 0 Å². The van der Waals surface area contributed by atoms with E-state index >= 15 is 0 Å². The molecule has 1 saturated carbocycles. The van der Waals surface area contributed by atoms with Crippen LogP contribution in [0.5, 0.6) is 0 Å². The minimum absolute atomic E-state index is 0.306. The SMILES string of the molecule is Cc1cc(F)c(-c2csc(C3CC3)n2)cc1NC(=O)c1cnn2cc(F)ccc12. The minimum Gasteiger partial charge on any atom is -0.322 e. The highest BCUT2D eigenvalue weighted by atomic mass is 32.1. The molecule has 0 atom stereocenters. The van der Waals surface area contributed by atoms with Crippen LogP contribution >= 0.6 is 11.3 Å². The van der Waals surface area contributed by atoms with Gasteiger partial charge in [-0.15, -0.1) is 11.3 Å². The normalized spacial score (nSPS) is 13.8. The Morgan fingerprint density at radius 1 is 1.28 bits per heavy atom. The molecule has 0 saturated heterocycles. The fourth-order valence-corrected chi connectivity index (χ4v) is 4.25. The van der Waals surface area contributed by atoms with Gasteiger partial charge in [-0.05, 0) is 49.6 Å². The second-order valence-corrected chi connectivity index (χ2v) is 8.07. The number of anilines is 1. The van der Waals surface area contributed by atoms with Crippen LogP contribution in [0, 0.1) is 18.6 Å². The first-order chi connectivity index (χ1) is 14.0. The number of aryl methyl sites for hydroxylation is 1. The summed E-state index contributed by atoms with van der Waals surface area (Å²) in [6.07, 6.45) is 4.85. The van der Waals surface area contributed by atoms with Crippen molar-refractivity contribution in [1.29, 1.82) is 0 Å². The maximum absolute atomic E-state index is 14.6. The molecule has 3 aromatic heterocycles. The molecule has 5 rings (SSSR count). The Hall–Kier alpha value is -3.13. The molecule has 1 aromatic carbocycles. The van der Waals surface area contributed by atoms with Gasteiger partial charge in [0.1, 0.15) is 11.6 Å². The van der Waals surface area contributed by atoms with Gasteiger partial charge < -0.3 is 5.32 Å². The second kappa shape index (κ2) is 6.73. The summed E-state index contributed by atoms with van der Waals surface area (Å²) in [5.74, 6) is -0.717. The Balaban J connectivity index is 1.47. The average Bonchev–Trinajstić information content (AvgIpc) is 3.27. The van der Waals surface area contributed by atoms with Gasteiger partial charge >= 0.3 is 0 Å². The van der Waals surface area contributed by atoms with Crippen molar-refractivity contribution in [2.45, 2.75) is 25.7 Å². The molecular weight excluding hydrogens is 394 g/mol. The van der Waals surface area contributed by atoms with E-state index in [0.29, 0.717) is 39.5 Å². The number of halogens is 2. The number of amides is 1. The Morgan fingerprint density at radius 3 is 2.90 bits per heavy atom. The number of nitrogens with one attached hydrogen (secondary N) is 1. The van der Waals surface area contributed by atoms with Crippen LogP contribution in [0.1, 0.15) is 39.7 Å².